The van der Waals surface area contributed by atoms with Crippen molar-refractivity contribution in [2.24, 2.45) is 0 Å². The standard InChI is InChI=1S/C17H22N4O2/c1-13-11-15(20-23-13)16-6-2-3-9-21(16)10-7-17(22)19-14-5-4-8-18-12-14/h4-5,8,11-12,16H,2-3,6-7,9-10H2,1H3,(H,19,22). The third-order valence-electron chi connectivity index (χ3n) is 4.17. The smallest absolute Gasteiger partial charge is 0.225 e. The van der Waals surface area contributed by atoms with Gasteiger partial charge in [0.1, 0.15) is 11.5 Å². The van der Waals surface area contributed by atoms with Gasteiger partial charge in [-0.05, 0) is 38.4 Å². The predicted molar refractivity (Wildman–Crippen MR) is 86.9 cm³/mol. The largest absolute Gasteiger partial charge is 0.361 e. The van der Waals surface area contributed by atoms with Crippen molar-refractivity contribution in [1.82, 2.24) is 15.0 Å². The van der Waals surface area contributed by atoms with E-state index in [1.165, 1.54) is 6.42 Å². The summed E-state index contributed by atoms with van der Waals surface area (Å²) in [6.45, 7) is 3.63. The molecule has 3 rings (SSSR count). The van der Waals surface area contributed by atoms with Crippen molar-refractivity contribution >= 4 is 11.6 Å². The molecule has 0 bridgehead atoms. The fourth-order valence-corrected chi connectivity index (χ4v) is 3.04. The van der Waals surface area contributed by atoms with Crippen molar-refractivity contribution < 1.29 is 9.32 Å². The molecule has 1 amide bonds. The summed E-state index contributed by atoms with van der Waals surface area (Å²) in [6.07, 6.45) is 7.22. The van der Waals surface area contributed by atoms with E-state index in [-0.39, 0.29) is 11.9 Å². The quantitative estimate of drug-likeness (QED) is 0.918. The van der Waals surface area contributed by atoms with Crippen LogP contribution in [0.25, 0.3) is 0 Å². The predicted octanol–water partition coefficient (Wildman–Crippen LogP) is 2.93. The van der Waals surface area contributed by atoms with Gasteiger partial charge in [-0.25, -0.2) is 0 Å². The van der Waals surface area contributed by atoms with Crippen LogP contribution in [-0.4, -0.2) is 34.0 Å². The van der Waals surface area contributed by atoms with Crippen LogP contribution in [0, 0.1) is 6.92 Å². The SMILES string of the molecule is Cc1cc(C2CCCCN2CCC(=O)Nc2cccnc2)no1. The van der Waals surface area contributed by atoms with Crippen molar-refractivity contribution in [3.05, 3.63) is 42.0 Å². The second-order valence-electron chi connectivity index (χ2n) is 5.95. The highest BCUT2D eigenvalue weighted by molar-refractivity contribution is 5.90. The third kappa shape index (κ3) is 4.16. The first-order valence-corrected chi connectivity index (χ1v) is 8.09. The monoisotopic (exact) mass is 314 g/mol. The number of carbonyl (C=O) groups excluding carboxylic acids is 1. The van der Waals surface area contributed by atoms with E-state index in [1.54, 1.807) is 12.4 Å². The van der Waals surface area contributed by atoms with Gasteiger partial charge in [0.05, 0.1) is 17.9 Å². The number of likely N-dealkylation sites (tertiary alicyclic amines) is 1. The first-order chi connectivity index (χ1) is 11.2. The number of amides is 1. The Kier molecular flexibility index (Phi) is 5.02. The lowest BCUT2D eigenvalue weighted by atomic mass is 9.99. The van der Waals surface area contributed by atoms with Crippen LogP contribution in [0.4, 0.5) is 5.69 Å². The number of nitrogens with zero attached hydrogens (tertiary/aromatic N) is 3. The summed E-state index contributed by atoms with van der Waals surface area (Å²) < 4.78 is 5.21. The van der Waals surface area contributed by atoms with E-state index >= 15 is 0 Å². The van der Waals surface area contributed by atoms with Crippen LogP contribution in [0.1, 0.15) is 43.2 Å². The number of nitrogens with one attached hydrogen (secondary N) is 1. The molecule has 122 valence electrons. The van der Waals surface area contributed by atoms with Gasteiger partial charge in [0.2, 0.25) is 5.91 Å². The van der Waals surface area contributed by atoms with Crippen LogP contribution in [0.15, 0.2) is 35.1 Å². The Balaban J connectivity index is 1.56. The van der Waals surface area contributed by atoms with Crippen LogP contribution < -0.4 is 5.32 Å². The maximum atomic E-state index is 12.1. The summed E-state index contributed by atoms with van der Waals surface area (Å²) in [6, 6.07) is 5.90. The van der Waals surface area contributed by atoms with Gasteiger partial charge < -0.3 is 9.84 Å². The Bertz CT molecular complexity index is 641. The average molecular weight is 314 g/mol. The van der Waals surface area contributed by atoms with Gasteiger partial charge in [-0.2, -0.15) is 0 Å². The second kappa shape index (κ2) is 7.37. The molecule has 1 unspecified atom stereocenters. The van der Waals surface area contributed by atoms with E-state index in [1.807, 2.05) is 25.1 Å². The van der Waals surface area contributed by atoms with Crippen molar-refractivity contribution in [2.45, 2.75) is 38.6 Å². The van der Waals surface area contributed by atoms with Crippen LogP contribution in [0.2, 0.25) is 0 Å². The summed E-state index contributed by atoms with van der Waals surface area (Å²) >= 11 is 0. The molecule has 1 atom stereocenters. The fraction of sp³-hybridized carbons (Fsp3) is 0.471. The van der Waals surface area contributed by atoms with E-state index < -0.39 is 0 Å². The van der Waals surface area contributed by atoms with Crippen LogP contribution in [0.3, 0.4) is 0 Å². The van der Waals surface area contributed by atoms with Gasteiger partial charge in [0.15, 0.2) is 0 Å². The van der Waals surface area contributed by atoms with Crippen molar-refractivity contribution in [3.8, 4) is 0 Å². The molecule has 1 saturated heterocycles. The molecule has 3 heterocycles. The number of aromatic nitrogens is 2. The third-order valence-corrected chi connectivity index (χ3v) is 4.17. The number of anilines is 1. The lowest BCUT2D eigenvalue weighted by Gasteiger charge is -2.34. The molecule has 6 nitrogen and oxygen atoms in total. The maximum absolute atomic E-state index is 12.1. The van der Waals surface area contributed by atoms with E-state index in [0.29, 0.717) is 6.42 Å². The number of rotatable bonds is 5. The molecule has 23 heavy (non-hydrogen) atoms. The minimum absolute atomic E-state index is 0.0126. The summed E-state index contributed by atoms with van der Waals surface area (Å²) in [7, 11) is 0. The lowest BCUT2D eigenvalue weighted by molar-refractivity contribution is -0.116. The van der Waals surface area contributed by atoms with Gasteiger partial charge in [-0.3, -0.25) is 14.7 Å². The molecule has 1 aliphatic heterocycles. The summed E-state index contributed by atoms with van der Waals surface area (Å²) in [5.41, 5.74) is 1.72. The normalized spacial score (nSPS) is 18.7. The van der Waals surface area contributed by atoms with Gasteiger partial charge in [0, 0.05) is 25.2 Å². The molecule has 1 fully saturated rings. The van der Waals surface area contributed by atoms with E-state index in [2.05, 4.69) is 20.4 Å². The zero-order chi connectivity index (χ0) is 16.1. The molecule has 1 N–H and O–H groups in total. The summed E-state index contributed by atoms with van der Waals surface area (Å²) in [4.78, 5) is 18.4. The van der Waals surface area contributed by atoms with Gasteiger partial charge in [-0.15, -0.1) is 0 Å². The van der Waals surface area contributed by atoms with Crippen LogP contribution >= 0.6 is 0 Å². The minimum Gasteiger partial charge on any atom is -0.361 e. The van der Waals surface area contributed by atoms with Crippen molar-refractivity contribution in [1.29, 1.82) is 0 Å². The molecule has 0 spiro atoms. The molecule has 0 radical (unpaired) electrons. The first-order valence-electron chi connectivity index (χ1n) is 8.09. The van der Waals surface area contributed by atoms with Gasteiger partial charge in [-0.1, -0.05) is 11.6 Å². The number of pyridine rings is 1. The molecule has 0 saturated carbocycles. The average Bonchev–Trinajstić information content (AvgIpc) is 3.00. The molecule has 0 aliphatic carbocycles. The van der Waals surface area contributed by atoms with Crippen LogP contribution in [0.5, 0.6) is 0 Å². The molecular formula is C17H22N4O2. The molecule has 6 heteroatoms. The Morgan fingerprint density at radius 3 is 3.13 bits per heavy atom. The fourth-order valence-electron chi connectivity index (χ4n) is 3.04. The number of carbonyl (C=O) groups is 1. The number of hydrogen-bond acceptors (Lipinski definition) is 5. The Labute approximate surface area is 135 Å². The molecular weight excluding hydrogens is 292 g/mol. The van der Waals surface area contributed by atoms with Gasteiger partial charge in [0.25, 0.3) is 0 Å². The Morgan fingerprint density at radius 2 is 2.39 bits per heavy atom. The molecule has 2 aromatic heterocycles. The highest BCUT2D eigenvalue weighted by Gasteiger charge is 2.26. The summed E-state index contributed by atoms with van der Waals surface area (Å²) in [5.74, 6) is 0.846. The van der Waals surface area contributed by atoms with Gasteiger partial charge >= 0.3 is 0 Å². The maximum Gasteiger partial charge on any atom is 0.225 e. The highest BCUT2D eigenvalue weighted by atomic mass is 16.5. The first kappa shape index (κ1) is 15.7. The number of piperidine rings is 1. The van der Waals surface area contributed by atoms with E-state index in [0.717, 1.165) is 43.1 Å². The minimum atomic E-state index is 0.0126. The molecule has 2 aromatic rings. The zero-order valence-electron chi connectivity index (χ0n) is 13.4. The highest BCUT2D eigenvalue weighted by Crippen LogP contribution is 2.30. The topological polar surface area (TPSA) is 71.3 Å². The lowest BCUT2D eigenvalue weighted by Crippen LogP contribution is -2.35. The van der Waals surface area contributed by atoms with Crippen molar-refractivity contribution in [2.75, 3.05) is 18.4 Å². The molecule has 0 aromatic carbocycles. The number of hydrogen-bond donors (Lipinski definition) is 1. The second-order valence-corrected chi connectivity index (χ2v) is 5.95. The zero-order valence-corrected chi connectivity index (χ0v) is 13.4. The van der Waals surface area contributed by atoms with E-state index in [9.17, 15) is 4.79 Å². The summed E-state index contributed by atoms with van der Waals surface area (Å²) in [5, 5.41) is 7.04. The van der Waals surface area contributed by atoms with Crippen LogP contribution in [-0.2, 0) is 4.79 Å². The van der Waals surface area contributed by atoms with Crippen molar-refractivity contribution in [3.63, 3.8) is 0 Å². The Morgan fingerprint density at radius 1 is 1.48 bits per heavy atom. The molecule has 1 aliphatic rings. The van der Waals surface area contributed by atoms with E-state index in [4.69, 9.17) is 4.52 Å². The number of aryl methyl sites for hydroxylation is 1. The Hall–Kier alpha value is -2.21.